The van der Waals surface area contributed by atoms with Crippen molar-refractivity contribution in [2.75, 3.05) is 33.4 Å². The molecule has 0 unspecified atom stereocenters. The van der Waals surface area contributed by atoms with Crippen LogP contribution in [0.3, 0.4) is 0 Å². The molecule has 1 amide bonds. The van der Waals surface area contributed by atoms with Gasteiger partial charge in [0.05, 0.1) is 25.0 Å². The van der Waals surface area contributed by atoms with Gasteiger partial charge in [-0.15, -0.1) is 10.2 Å². The Morgan fingerprint density at radius 3 is 2.37 bits per heavy atom. The highest BCUT2D eigenvalue weighted by molar-refractivity contribution is 5.86. The molecule has 3 aromatic rings. The fourth-order valence-electron chi connectivity index (χ4n) is 3.63. The average Bonchev–Trinajstić information content (AvgIpc) is 3.36. The van der Waals surface area contributed by atoms with Crippen molar-refractivity contribution >= 4 is 12.1 Å². The summed E-state index contributed by atoms with van der Waals surface area (Å²) in [5.41, 5.74) is 0.0213. The van der Waals surface area contributed by atoms with Gasteiger partial charge < -0.3 is 9.15 Å². The summed E-state index contributed by atoms with van der Waals surface area (Å²) in [7, 11) is 1.39. The number of hydrogen-bond donors (Lipinski definition) is 0. The van der Waals surface area contributed by atoms with E-state index in [9.17, 15) is 22.4 Å². The smallest absolute Gasteiger partial charge is 0.314 e. The van der Waals surface area contributed by atoms with Crippen LogP contribution in [0.1, 0.15) is 29.5 Å². The number of hydrazone groups is 1. The summed E-state index contributed by atoms with van der Waals surface area (Å²) in [6.07, 6.45) is -2.13. The van der Waals surface area contributed by atoms with E-state index in [1.807, 2.05) is 35.2 Å². The second-order valence-electron chi connectivity index (χ2n) is 7.67. The fourth-order valence-corrected chi connectivity index (χ4v) is 3.63. The number of rotatable bonds is 7. The zero-order valence-corrected chi connectivity index (χ0v) is 18.6. The number of likely N-dealkylation sites (N-methyl/N-ethyl adjacent to an activating group) is 1. The monoisotopic (exact) mass is 491 g/mol. The second-order valence-corrected chi connectivity index (χ2v) is 7.67. The molecule has 4 rings (SSSR count). The molecule has 0 radical (unpaired) electrons. The number of ether oxygens (including phenoxy) is 1. The molecule has 35 heavy (non-hydrogen) atoms. The predicted octanol–water partition coefficient (Wildman–Crippen LogP) is 3.82. The molecule has 1 aliphatic heterocycles. The van der Waals surface area contributed by atoms with Crippen molar-refractivity contribution in [3.8, 4) is 11.5 Å². The molecule has 2 aromatic carbocycles. The molecule has 0 bridgehead atoms. The number of benzene rings is 2. The van der Waals surface area contributed by atoms with E-state index in [-0.39, 0.29) is 5.56 Å². The molecule has 12 heteroatoms. The third kappa shape index (κ3) is 5.54. The summed E-state index contributed by atoms with van der Waals surface area (Å²) in [6, 6.07) is 10.2. The first-order valence-corrected chi connectivity index (χ1v) is 10.6. The van der Waals surface area contributed by atoms with Gasteiger partial charge in [0.1, 0.15) is 17.7 Å². The van der Waals surface area contributed by atoms with E-state index in [0.29, 0.717) is 26.3 Å². The highest BCUT2D eigenvalue weighted by atomic mass is 19.3. The van der Waals surface area contributed by atoms with Crippen LogP contribution in [0.2, 0.25) is 0 Å². The van der Waals surface area contributed by atoms with Crippen LogP contribution >= 0.6 is 0 Å². The number of carbonyl (C=O) groups is 1. The standard InChI is InChI=1S/C23H21F4N5O3/c1-31(23(33)19(14-5-3-2-4-6-14)32-7-9-34-10-8-32)28-13-16-17(24)11-15(12-18(16)25)21-29-30-22(35-21)20(26)27/h2-6,11-13,19-20H,7-10H2,1H3/b28-13+/t19-/m1/s1. The van der Waals surface area contributed by atoms with Crippen LogP contribution in [0.15, 0.2) is 52.0 Å². The molecule has 1 aliphatic rings. The number of halogens is 4. The Balaban J connectivity index is 1.55. The first kappa shape index (κ1) is 24.5. The van der Waals surface area contributed by atoms with Crippen molar-refractivity contribution in [3.63, 3.8) is 0 Å². The van der Waals surface area contributed by atoms with Gasteiger partial charge in [-0.05, 0) is 17.7 Å². The highest BCUT2D eigenvalue weighted by Crippen LogP contribution is 2.27. The van der Waals surface area contributed by atoms with Crippen LogP contribution in [-0.2, 0) is 9.53 Å². The van der Waals surface area contributed by atoms with Crippen LogP contribution in [0.5, 0.6) is 0 Å². The summed E-state index contributed by atoms with van der Waals surface area (Å²) >= 11 is 0. The lowest BCUT2D eigenvalue weighted by molar-refractivity contribution is -0.137. The Bertz CT molecular complexity index is 1180. The molecule has 0 spiro atoms. The van der Waals surface area contributed by atoms with E-state index in [0.717, 1.165) is 28.9 Å². The number of alkyl halides is 2. The normalized spacial score (nSPS) is 15.6. The third-order valence-electron chi connectivity index (χ3n) is 5.39. The second kappa shape index (κ2) is 10.7. The summed E-state index contributed by atoms with van der Waals surface area (Å²) < 4.78 is 64.7. The van der Waals surface area contributed by atoms with Crippen LogP contribution < -0.4 is 0 Å². The number of aromatic nitrogens is 2. The van der Waals surface area contributed by atoms with E-state index in [2.05, 4.69) is 15.3 Å². The summed E-state index contributed by atoms with van der Waals surface area (Å²) in [6.45, 7) is 2.03. The van der Waals surface area contributed by atoms with Crippen LogP contribution in [0.4, 0.5) is 17.6 Å². The molecule has 1 saturated heterocycles. The Hall–Kier alpha value is -3.64. The molecule has 0 aliphatic carbocycles. The molecular weight excluding hydrogens is 470 g/mol. The molecule has 1 aromatic heterocycles. The minimum atomic E-state index is -3.01. The molecule has 2 heterocycles. The SMILES string of the molecule is CN(/N=C/c1c(F)cc(-c2nnc(C(F)F)o2)cc1F)C(=O)[C@@H](c1ccccc1)N1CCOCC1. The lowest BCUT2D eigenvalue weighted by Gasteiger charge is -2.34. The fraction of sp³-hybridized carbons (Fsp3) is 0.304. The van der Waals surface area contributed by atoms with Crippen molar-refractivity contribution in [2.24, 2.45) is 5.10 Å². The van der Waals surface area contributed by atoms with E-state index >= 15 is 0 Å². The van der Waals surface area contributed by atoms with Gasteiger partial charge in [-0.2, -0.15) is 13.9 Å². The van der Waals surface area contributed by atoms with E-state index in [4.69, 9.17) is 9.15 Å². The molecular formula is C23H21F4N5O3. The van der Waals surface area contributed by atoms with E-state index in [1.165, 1.54) is 7.05 Å². The molecule has 1 atom stereocenters. The van der Waals surface area contributed by atoms with E-state index in [1.54, 1.807) is 0 Å². The maximum absolute atomic E-state index is 14.6. The molecule has 184 valence electrons. The van der Waals surface area contributed by atoms with Crippen molar-refractivity contribution in [1.29, 1.82) is 0 Å². The van der Waals surface area contributed by atoms with Gasteiger partial charge >= 0.3 is 6.43 Å². The van der Waals surface area contributed by atoms with Gasteiger partial charge in [-0.3, -0.25) is 9.69 Å². The summed E-state index contributed by atoms with van der Waals surface area (Å²) in [5, 5.41) is 11.5. The quantitative estimate of drug-likeness (QED) is 0.284. The lowest BCUT2D eigenvalue weighted by Crippen LogP contribution is -2.45. The van der Waals surface area contributed by atoms with Crippen molar-refractivity contribution in [2.45, 2.75) is 12.5 Å². The van der Waals surface area contributed by atoms with Crippen molar-refractivity contribution < 1.29 is 31.5 Å². The van der Waals surface area contributed by atoms with Gasteiger partial charge in [0.2, 0.25) is 5.89 Å². The number of hydrogen-bond acceptors (Lipinski definition) is 7. The van der Waals surface area contributed by atoms with Crippen molar-refractivity contribution in [1.82, 2.24) is 20.1 Å². The largest absolute Gasteiger partial charge is 0.415 e. The maximum atomic E-state index is 14.6. The highest BCUT2D eigenvalue weighted by Gasteiger charge is 2.31. The Morgan fingerprint density at radius 1 is 1.11 bits per heavy atom. The van der Waals surface area contributed by atoms with Crippen LogP contribution in [0.25, 0.3) is 11.5 Å². The van der Waals surface area contributed by atoms with Crippen molar-refractivity contribution in [3.05, 3.63) is 71.1 Å². The summed E-state index contributed by atoms with van der Waals surface area (Å²) in [5.74, 6) is -3.90. The van der Waals surface area contributed by atoms with Gasteiger partial charge in [-0.25, -0.2) is 13.8 Å². The Labute approximate surface area is 197 Å². The Morgan fingerprint density at radius 2 is 1.77 bits per heavy atom. The minimum absolute atomic E-state index is 0.211. The third-order valence-corrected chi connectivity index (χ3v) is 5.39. The van der Waals surface area contributed by atoms with E-state index < -0.39 is 47.4 Å². The molecule has 0 N–H and O–H groups in total. The number of morpholine rings is 1. The van der Waals surface area contributed by atoms with Gasteiger partial charge in [0, 0.05) is 25.7 Å². The topological polar surface area (TPSA) is 84.1 Å². The van der Waals surface area contributed by atoms with Gasteiger partial charge in [0.25, 0.3) is 11.8 Å². The van der Waals surface area contributed by atoms with Gasteiger partial charge in [0.15, 0.2) is 0 Å². The lowest BCUT2D eigenvalue weighted by atomic mass is 10.0. The van der Waals surface area contributed by atoms with Gasteiger partial charge in [-0.1, -0.05) is 30.3 Å². The molecule has 8 nitrogen and oxygen atoms in total. The molecule has 1 fully saturated rings. The number of amides is 1. The summed E-state index contributed by atoms with van der Waals surface area (Å²) in [4.78, 5) is 15.2. The van der Waals surface area contributed by atoms with Crippen LogP contribution in [0, 0.1) is 11.6 Å². The predicted molar refractivity (Wildman–Crippen MR) is 117 cm³/mol. The average molecular weight is 491 g/mol. The number of nitrogens with zero attached hydrogens (tertiary/aromatic N) is 5. The zero-order chi connectivity index (χ0) is 24.9. The molecule has 0 saturated carbocycles. The van der Waals surface area contributed by atoms with Crippen LogP contribution in [-0.4, -0.2) is 65.6 Å². The zero-order valence-electron chi connectivity index (χ0n) is 18.6. The number of carbonyl (C=O) groups excluding carboxylic acids is 1. The first-order valence-electron chi connectivity index (χ1n) is 10.6. The maximum Gasteiger partial charge on any atom is 0.314 e. The first-order chi connectivity index (χ1) is 16.8. The minimum Gasteiger partial charge on any atom is -0.415 e. The Kier molecular flexibility index (Phi) is 7.51.